The molecular formula is C15H32N4O. The number of rotatable bonds is 8. The maximum absolute atomic E-state index is 12.1. The van der Waals surface area contributed by atoms with Crippen LogP contribution in [-0.2, 0) is 4.79 Å². The van der Waals surface area contributed by atoms with Crippen LogP contribution in [0, 0.1) is 0 Å². The summed E-state index contributed by atoms with van der Waals surface area (Å²) in [5.74, 6) is 0.163. The molecule has 0 aromatic carbocycles. The molecule has 0 aromatic heterocycles. The topological polar surface area (TPSA) is 61.6 Å². The molecule has 2 atom stereocenters. The van der Waals surface area contributed by atoms with Gasteiger partial charge in [-0.15, -0.1) is 0 Å². The van der Waals surface area contributed by atoms with Gasteiger partial charge >= 0.3 is 0 Å². The number of hydrogen-bond acceptors (Lipinski definition) is 4. The minimum atomic E-state index is -0.0183. The maximum atomic E-state index is 12.1. The zero-order valence-electron chi connectivity index (χ0n) is 13.4. The molecule has 2 unspecified atom stereocenters. The van der Waals surface area contributed by atoms with E-state index >= 15 is 0 Å². The normalized spacial score (nSPS) is 20.6. The van der Waals surface area contributed by atoms with Gasteiger partial charge in [-0.05, 0) is 46.2 Å². The average molecular weight is 284 g/mol. The summed E-state index contributed by atoms with van der Waals surface area (Å²) in [5, 5.41) is 3.07. The average Bonchev–Trinajstić information content (AvgIpc) is 2.47. The summed E-state index contributed by atoms with van der Waals surface area (Å²) < 4.78 is 0. The van der Waals surface area contributed by atoms with Gasteiger partial charge in [-0.1, -0.05) is 6.92 Å². The lowest BCUT2D eigenvalue weighted by molar-refractivity contribution is -0.127. The van der Waals surface area contributed by atoms with Crippen molar-refractivity contribution >= 4 is 5.91 Å². The quantitative estimate of drug-likeness (QED) is 0.642. The number of carbonyl (C=O) groups is 1. The number of amides is 1. The minimum absolute atomic E-state index is 0.0183. The summed E-state index contributed by atoms with van der Waals surface area (Å²) in [7, 11) is 0. The monoisotopic (exact) mass is 284 g/mol. The van der Waals surface area contributed by atoms with Crippen LogP contribution in [0.15, 0.2) is 0 Å². The summed E-state index contributed by atoms with van der Waals surface area (Å²) in [5.41, 5.74) is 5.52. The number of nitrogens with two attached hydrogens (primary N) is 1. The number of piperazine rings is 1. The largest absolute Gasteiger partial charge is 0.352 e. The van der Waals surface area contributed by atoms with Gasteiger partial charge in [-0.2, -0.15) is 0 Å². The van der Waals surface area contributed by atoms with Crippen molar-refractivity contribution in [3.63, 3.8) is 0 Å². The Morgan fingerprint density at radius 1 is 1.20 bits per heavy atom. The van der Waals surface area contributed by atoms with Crippen LogP contribution < -0.4 is 11.1 Å². The lowest BCUT2D eigenvalue weighted by Crippen LogP contribution is -2.54. The number of hydrogen-bond donors (Lipinski definition) is 2. The molecule has 0 spiro atoms. The highest BCUT2D eigenvalue weighted by Crippen LogP contribution is 2.08. The molecule has 0 aliphatic carbocycles. The van der Waals surface area contributed by atoms with Crippen LogP contribution in [0.1, 0.15) is 40.0 Å². The first-order valence-corrected chi connectivity index (χ1v) is 8.05. The van der Waals surface area contributed by atoms with E-state index in [0.717, 1.165) is 52.1 Å². The Morgan fingerprint density at radius 3 is 2.40 bits per heavy atom. The fraction of sp³-hybridized carbons (Fsp3) is 0.933. The van der Waals surface area contributed by atoms with Gasteiger partial charge < -0.3 is 16.0 Å². The van der Waals surface area contributed by atoms with Crippen molar-refractivity contribution in [2.75, 3.05) is 39.3 Å². The molecule has 1 aliphatic heterocycles. The molecule has 0 radical (unpaired) electrons. The lowest BCUT2D eigenvalue weighted by Gasteiger charge is -2.37. The third kappa shape index (κ3) is 5.77. The molecule has 0 saturated carbocycles. The summed E-state index contributed by atoms with van der Waals surface area (Å²) in [4.78, 5) is 16.9. The molecule has 1 amide bonds. The summed E-state index contributed by atoms with van der Waals surface area (Å²) in [6, 6.07) is 0.248. The van der Waals surface area contributed by atoms with Gasteiger partial charge in [0.05, 0.1) is 6.04 Å². The van der Waals surface area contributed by atoms with E-state index in [9.17, 15) is 4.79 Å². The summed E-state index contributed by atoms with van der Waals surface area (Å²) in [6.45, 7) is 12.2. The Bertz CT molecular complexity index is 277. The van der Waals surface area contributed by atoms with Gasteiger partial charge in [0.1, 0.15) is 0 Å². The number of nitrogens with zero attached hydrogens (tertiary/aromatic N) is 2. The van der Waals surface area contributed by atoms with Crippen molar-refractivity contribution < 1.29 is 4.79 Å². The van der Waals surface area contributed by atoms with Crippen molar-refractivity contribution in [1.29, 1.82) is 0 Å². The molecule has 20 heavy (non-hydrogen) atoms. The third-order valence-corrected chi connectivity index (χ3v) is 4.26. The van der Waals surface area contributed by atoms with Crippen molar-refractivity contribution in [3.8, 4) is 0 Å². The first kappa shape index (κ1) is 17.4. The molecule has 1 fully saturated rings. The van der Waals surface area contributed by atoms with Crippen molar-refractivity contribution in [2.45, 2.75) is 52.1 Å². The lowest BCUT2D eigenvalue weighted by atomic mass is 10.2. The Labute approximate surface area is 123 Å². The van der Waals surface area contributed by atoms with E-state index in [2.05, 4.69) is 29.0 Å². The molecule has 118 valence electrons. The Hall–Kier alpha value is -0.650. The Morgan fingerprint density at radius 2 is 1.85 bits per heavy atom. The van der Waals surface area contributed by atoms with Crippen LogP contribution >= 0.6 is 0 Å². The second kappa shape index (κ2) is 9.32. The van der Waals surface area contributed by atoms with Crippen LogP contribution in [0.3, 0.4) is 0 Å². The standard InChI is InChI=1S/C15H32N4O/c1-4-13(2)17-15(20)14(3)19-11-9-18(10-12-19)8-6-5-7-16/h13-14H,4-12,16H2,1-3H3,(H,17,20). The zero-order valence-corrected chi connectivity index (χ0v) is 13.4. The molecule has 1 heterocycles. The predicted molar refractivity (Wildman–Crippen MR) is 83.7 cm³/mol. The van der Waals surface area contributed by atoms with Crippen LogP contribution in [0.4, 0.5) is 0 Å². The summed E-state index contributed by atoms with van der Waals surface area (Å²) >= 11 is 0. The van der Waals surface area contributed by atoms with E-state index in [1.54, 1.807) is 0 Å². The molecule has 3 N–H and O–H groups in total. The van der Waals surface area contributed by atoms with Crippen molar-refractivity contribution in [3.05, 3.63) is 0 Å². The van der Waals surface area contributed by atoms with Gasteiger partial charge in [0.15, 0.2) is 0 Å². The molecule has 1 rings (SSSR count). The van der Waals surface area contributed by atoms with E-state index < -0.39 is 0 Å². The minimum Gasteiger partial charge on any atom is -0.352 e. The SMILES string of the molecule is CCC(C)NC(=O)C(C)N1CCN(CCCCN)CC1. The van der Waals surface area contributed by atoms with Gasteiger partial charge in [-0.3, -0.25) is 9.69 Å². The van der Waals surface area contributed by atoms with Crippen molar-refractivity contribution in [1.82, 2.24) is 15.1 Å². The van der Waals surface area contributed by atoms with Gasteiger partial charge in [0.2, 0.25) is 5.91 Å². The maximum Gasteiger partial charge on any atom is 0.237 e. The molecular weight excluding hydrogens is 252 g/mol. The Kier molecular flexibility index (Phi) is 8.11. The molecule has 5 heteroatoms. The molecule has 0 aromatic rings. The highest BCUT2D eigenvalue weighted by atomic mass is 16.2. The first-order valence-electron chi connectivity index (χ1n) is 8.05. The van der Waals surface area contributed by atoms with Gasteiger partial charge in [0, 0.05) is 32.2 Å². The molecule has 1 saturated heterocycles. The van der Waals surface area contributed by atoms with Gasteiger partial charge in [0.25, 0.3) is 0 Å². The van der Waals surface area contributed by atoms with Crippen LogP contribution in [0.25, 0.3) is 0 Å². The third-order valence-electron chi connectivity index (χ3n) is 4.26. The fourth-order valence-corrected chi connectivity index (χ4v) is 2.49. The number of nitrogens with one attached hydrogen (secondary N) is 1. The van der Waals surface area contributed by atoms with E-state index in [1.165, 1.54) is 6.42 Å². The highest BCUT2D eigenvalue weighted by Gasteiger charge is 2.25. The summed E-state index contributed by atoms with van der Waals surface area (Å²) in [6.07, 6.45) is 3.27. The van der Waals surface area contributed by atoms with Crippen LogP contribution in [0.2, 0.25) is 0 Å². The number of carbonyl (C=O) groups excluding carboxylic acids is 1. The second-order valence-corrected chi connectivity index (χ2v) is 5.87. The first-order chi connectivity index (χ1) is 9.58. The molecule has 1 aliphatic rings. The molecule has 0 bridgehead atoms. The van der Waals surface area contributed by atoms with E-state index in [4.69, 9.17) is 5.73 Å². The van der Waals surface area contributed by atoms with Gasteiger partial charge in [-0.25, -0.2) is 0 Å². The van der Waals surface area contributed by atoms with Crippen LogP contribution in [0.5, 0.6) is 0 Å². The van der Waals surface area contributed by atoms with Crippen molar-refractivity contribution in [2.24, 2.45) is 5.73 Å². The van der Waals surface area contributed by atoms with E-state index in [0.29, 0.717) is 0 Å². The van der Waals surface area contributed by atoms with E-state index in [-0.39, 0.29) is 18.0 Å². The smallest absolute Gasteiger partial charge is 0.237 e. The van der Waals surface area contributed by atoms with Crippen LogP contribution in [-0.4, -0.2) is 67.1 Å². The van der Waals surface area contributed by atoms with E-state index in [1.807, 2.05) is 6.92 Å². The second-order valence-electron chi connectivity index (χ2n) is 5.87. The number of unbranched alkanes of at least 4 members (excludes halogenated alkanes) is 1. The zero-order chi connectivity index (χ0) is 15.0. The predicted octanol–water partition coefficient (Wildman–Crippen LogP) is 0.646. The fourth-order valence-electron chi connectivity index (χ4n) is 2.49. The Balaban J connectivity index is 2.27. The highest BCUT2D eigenvalue weighted by molar-refractivity contribution is 5.81. The molecule has 5 nitrogen and oxygen atoms in total.